The Balaban J connectivity index is 1.31. The lowest BCUT2D eigenvalue weighted by atomic mass is 10.2. The van der Waals surface area contributed by atoms with Gasteiger partial charge in [0.1, 0.15) is 5.69 Å². The van der Waals surface area contributed by atoms with Crippen LogP contribution in [0.3, 0.4) is 0 Å². The van der Waals surface area contributed by atoms with Gasteiger partial charge in [-0.15, -0.1) is 0 Å². The summed E-state index contributed by atoms with van der Waals surface area (Å²) in [5, 5.41) is 4.42. The number of aromatic nitrogens is 1. The number of hydrogen-bond acceptors (Lipinski definition) is 2. The molecule has 0 radical (unpaired) electrons. The van der Waals surface area contributed by atoms with Crippen molar-refractivity contribution in [1.82, 2.24) is 9.88 Å². The van der Waals surface area contributed by atoms with Crippen LogP contribution in [0.15, 0.2) is 54.6 Å². The van der Waals surface area contributed by atoms with Crippen molar-refractivity contribution in [2.24, 2.45) is 0 Å². The predicted octanol–water partition coefficient (Wildman–Crippen LogP) is 1.80. The van der Waals surface area contributed by atoms with Crippen LogP contribution < -0.4 is 10.2 Å². The fourth-order valence-electron chi connectivity index (χ4n) is 3.55. The number of quaternary nitrogens is 1. The van der Waals surface area contributed by atoms with Crippen molar-refractivity contribution in [3.8, 4) is 0 Å². The molecule has 1 fully saturated rings. The summed E-state index contributed by atoms with van der Waals surface area (Å²) in [5.74, 6) is -0.0609. The second-order valence-electron chi connectivity index (χ2n) is 7.02. The van der Waals surface area contributed by atoms with Gasteiger partial charge in [0.25, 0.3) is 11.8 Å². The average Bonchev–Trinajstić information content (AvgIpc) is 3.14. The van der Waals surface area contributed by atoms with Crippen molar-refractivity contribution in [2.45, 2.75) is 0 Å². The van der Waals surface area contributed by atoms with Gasteiger partial charge < -0.3 is 20.1 Å². The Bertz CT molecular complexity index is 975. The van der Waals surface area contributed by atoms with E-state index in [4.69, 9.17) is 11.6 Å². The van der Waals surface area contributed by atoms with Gasteiger partial charge in [0.15, 0.2) is 6.54 Å². The summed E-state index contributed by atoms with van der Waals surface area (Å²) in [6.45, 7) is 3.09. The molecule has 0 unspecified atom stereocenters. The van der Waals surface area contributed by atoms with Gasteiger partial charge in [-0.1, -0.05) is 41.9 Å². The highest BCUT2D eigenvalue weighted by molar-refractivity contribution is 6.33. The van der Waals surface area contributed by atoms with E-state index in [0.717, 1.165) is 28.9 Å². The summed E-state index contributed by atoms with van der Waals surface area (Å²) in [6.07, 6.45) is 0. The molecule has 1 saturated heterocycles. The van der Waals surface area contributed by atoms with Crippen molar-refractivity contribution < 1.29 is 14.5 Å². The van der Waals surface area contributed by atoms with Crippen LogP contribution in [0.5, 0.6) is 0 Å². The number of carbonyl (C=O) groups is 2. The Kier molecular flexibility index (Phi) is 5.32. The zero-order valence-electron chi connectivity index (χ0n) is 15.4. The molecule has 0 saturated carbocycles. The van der Waals surface area contributed by atoms with E-state index in [-0.39, 0.29) is 11.8 Å². The highest BCUT2D eigenvalue weighted by atomic mass is 35.5. The molecule has 1 aliphatic heterocycles. The van der Waals surface area contributed by atoms with Crippen molar-refractivity contribution in [3.63, 3.8) is 0 Å². The monoisotopic (exact) mass is 397 g/mol. The number of para-hydroxylation sites is 2. The number of aromatic amines is 1. The van der Waals surface area contributed by atoms with Gasteiger partial charge in [0.05, 0.1) is 36.9 Å². The number of rotatable bonds is 4. The molecule has 144 valence electrons. The molecule has 28 heavy (non-hydrogen) atoms. The molecule has 0 aliphatic carbocycles. The van der Waals surface area contributed by atoms with E-state index in [9.17, 15) is 9.59 Å². The van der Waals surface area contributed by atoms with Gasteiger partial charge in [0, 0.05) is 10.9 Å². The second-order valence-corrected chi connectivity index (χ2v) is 7.42. The summed E-state index contributed by atoms with van der Waals surface area (Å²) < 4.78 is 0. The molecule has 6 nitrogen and oxygen atoms in total. The lowest BCUT2D eigenvalue weighted by Gasteiger charge is -2.31. The minimum atomic E-state index is -0.0708. The van der Waals surface area contributed by atoms with Gasteiger partial charge in [-0.25, -0.2) is 0 Å². The molecule has 3 N–H and O–H groups in total. The van der Waals surface area contributed by atoms with Crippen LogP contribution >= 0.6 is 11.6 Å². The first-order chi connectivity index (χ1) is 13.6. The predicted molar refractivity (Wildman–Crippen MR) is 110 cm³/mol. The Hall–Kier alpha value is -2.83. The van der Waals surface area contributed by atoms with E-state index in [1.165, 1.54) is 0 Å². The fourth-order valence-corrected chi connectivity index (χ4v) is 3.73. The molecule has 2 heterocycles. The van der Waals surface area contributed by atoms with E-state index in [1.54, 1.807) is 12.1 Å². The molecule has 0 spiro atoms. The third kappa shape index (κ3) is 4.03. The summed E-state index contributed by atoms with van der Waals surface area (Å²) >= 11 is 6.08. The van der Waals surface area contributed by atoms with Crippen LogP contribution in [-0.4, -0.2) is 54.4 Å². The number of fused-ring (bicyclic) bond motifs is 1. The van der Waals surface area contributed by atoms with Gasteiger partial charge in [-0.3, -0.25) is 9.59 Å². The standard InChI is InChI=1S/C21H21ClN4O2/c22-16-6-2-4-8-18(16)24-20(27)14-25-9-11-26(12-10-25)21(28)19-13-15-5-1-3-7-17(15)23-19/h1-8,13,23H,9-12,14H2,(H,24,27)/p+1. The first-order valence-corrected chi connectivity index (χ1v) is 9.73. The Labute approximate surface area is 168 Å². The fraction of sp³-hybridized carbons (Fsp3) is 0.238. The number of H-pyrrole nitrogens is 1. The molecular weight excluding hydrogens is 376 g/mol. The Morgan fingerprint density at radius 1 is 1.07 bits per heavy atom. The number of piperazine rings is 1. The number of nitrogens with one attached hydrogen (secondary N) is 3. The molecule has 2 amide bonds. The molecule has 1 aliphatic rings. The highest BCUT2D eigenvalue weighted by Crippen LogP contribution is 2.20. The minimum Gasteiger partial charge on any atom is -0.351 e. The van der Waals surface area contributed by atoms with Crippen molar-refractivity contribution in [2.75, 3.05) is 38.0 Å². The van der Waals surface area contributed by atoms with E-state index < -0.39 is 0 Å². The van der Waals surface area contributed by atoms with Crippen LogP contribution in [-0.2, 0) is 4.79 Å². The maximum atomic E-state index is 12.8. The molecule has 0 atom stereocenters. The molecule has 2 aromatic carbocycles. The second kappa shape index (κ2) is 8.04. The normalized spacial score (nSPS) is 15.0. The van der Waals surface area contributed by atoms with Gasteiger partial charge in [-0.05, 0) is 24.3 Å². The summed E-state index contributed by atoms with van der Waals surface area (Å²) in [5.41, 5.74) is 2.20. The SMILES string of the molecule is O=C(C[NH+]1CCN(C(=O)c2cc3ccccc3[nH]2)CC1)Nc1ccccc1Cl. The smallest absolute Gasteiger partial charge is 0.279 e. The van der Waals surface area contributed by atoms with Gasteiger partial charge >= 0.3 is 0 Å². The number of halogens is 1. The highest BCUT2D eigenvalue weighted by Gasteiger charge is 2.26. The minimum absolute atomic E-state index is 0.00997. The average molecular weight is 398 g/mol. The topological polar surface area (TPSA) is 69.6 Å². The first-order valence-electron chi connectivity index (χ1n) is 9.35. The van der Waals surface area contributed by atoms with Crippen LogP contribution in [0.25, 0.3) is 10.9 Å². The summed E-state index contributed by atoms with van der Waals surface area (Å²) in [4.78, 5) is 31.3. The van der Waals surface area contributed by atoms with E-state index >= 15 is 0 Å². The third-order valence-corrected chi connectivity index (χ3v) is 5.41. The zero-order chi connectivity index (χ0) is 19.5. The molecular formula is C21H22ClN4O2+. The lowest BCUT2D eigenvalue weighted by molar-refractivity contribution is -0.895. The Morgan fingerprint density at radius 2 is 1.79 bits per heavy atom. The molecule has 1 aromatic heterocycles. The first kappa shape index (κ1) is 18.5. The van der Waals surface area contributed by atoms with Crippen molar-refractivity contribution in [1.29, 1.82) is 0 Å². The summed E-state index contributed by atoms with van der Waals surface area (Å²) in [6, 6.07) is 16.9. The van der Waals surface area contributed by atoms with Crippen LogP contribution in [0, 0.1) is 0 Å². The maximum Gasteiger partial charge on any atom is 0.279 e. The quantitative estimate of drug-likeness (QED) is 0.628. The molecule has 3 aromatic rings. The van der Waals surface area contributed by atoms with Gasteiger partial charge in [-0.2, -0.15) is 0 Å². The van der Waals surface area contributed by atoms with Crippen LogP contribution in [0.2, 0.25) is 5.02 Å². The lowest BCUT2D eigenvalue weighted by Crippen LogP contribution is -3.15. The van der Waals surface area contributed by atoms with Gasteiger partial charge in [0.2, 0.25) is 0 Å². The Morgan fingerprint density at radius 3 is 2.54 bits per heavy atom. The van der Waals surface area contributed by atoms with E-state index in [0.29, 0.717) is 36.0 Å². The van der Waals surface area contributed by atoms with Crippen LogP contribution in [0.4, 0.5) is 5.69 Å². The summed E-state index contributed by atoms with van der Waals surface area (Å²) in [7, 11) is 0. The zero-order valence-corrected chi connectivity index (χ0v) is 16.1. The number of amides is 2. The molecule has 7 heteroatoms. The van der Waals surface area contributed by atoms with Crippen LogP contribution in [0.1, 0.15) is 10.5 Å². The van der Waals surface area contributed by atoms with E-state index in [2.05, 4.69) is 10.3 Å². The molecule has 0 bridgehead atoms. The maximum absolute atomic E-state index is 12.8. The number of nitrogens with zero attached hydrogens (tertiary/aromatic N) is 1. The van der Waals surface area contributed by atoms with E-state index in [1.807, 2.05) is 47.4 Å². The number of carbonyl (C=O) groups excluding carboxylic acids is 2. The largest absolute Gasteiger partial charge is 0.351 e. The number of hydrogen-bond donors (Lipinski definition) is 3. The molecule has 4 rings (SSSR count). The van der Waals surface area contributed by atoms with Crippen molar-refractivity contribution in [3.05, 3.63) is 65.3 Å². The number of anilines is 1. The van der Waals surface area contributed by atoms with Crippen molar-refractivity contribution >= 4 is 40.0 Å². The number of benzene rings is 2. The third-order valence-electron chi connectivity index (χ3n) is 5.08.